The highest BCUT2D eigenvalue weighted by atomic mass is 32.2. The molecule has 1 aromatic heterocycles. The molecule has 0 atom stereocenters. The van der Waals surface area contributed by atoms with Crippen molar-refractivity contribution in [3.05, 3.63) is 35.1 Å². The number of fused-ring (bicyclic) bond motifs is 1. The summed E-state index contributed by atoms with van der Waals surface area (Å²) >= 11 is 0. The number of aryl methyl sites for hydroxylation is 2. The molecule has 1 aliphatic heterocycles. The van der Waals surface area contributed by atoms with E-state index in [0.717, 1.165) is 29.4 Å². The summed E-state index contributed by atoms with van der Waals surface area (Å²) in [5.41, 5.74) is 2.49. The molecule has 1 aromatic carbocycles. The van der Waals surface area contributed by atoms with Gasteiger partial charge in [-0.25, -0.2) is 12.7 Å². The molecule has 7 heteroatoms. The summed E-state index contributed by atoms with van der Waals surface area (Å²) in [4.78, 5) is 12.3. The van der Waals surface area contributed by atoms with Crippen LogP contribution in [0.5, 0.6) is 0 Å². The predicted octanol–water partition coefficient (Wildman–Crippen LogP) is 2.21. The number of hydrogen-bond acceptors (Lipinski definition) is 4. The molecule has 0 saturated carbocycles. The number of nitrogens with zero attached hydrogens (tertiary/aromatic N) is 1. The van der Waals surface area contributed by atoms with Crippen molar-refractivity contribution in [2.24, 2.45) is 0 Å². The number of rotatable bonds is 5. The first-order valence-corrected chi connectivity index (χ1v) is 9.75. The molecule has 1 amide bonds. The van der Waals surface area contributed by atoms with Crippen molar-refractivity contribution in [2.75, 3.05) is 25.4 Å². The minimum Gasteiger partial charge on any atom is -0.451 e. The van der Waals surface area contributed by atoms with Crippen molar-refractivity contribution in [3.8, 4) is 0 Å². The van der Waals surface area contributed by atoms with Crippen molar-refractivity contribution in [2.45, 2.75) is 26.7 Å². The summed E-state index contributed by atoms with van der Waals surface area (Å²) in [6, 6.07) is 5.78. The van der Waals surface area contributed by atoms with Crippen LogP contribution >= 0.6 is 0 Å². The van der Waals surface area contributed by atoms with Crippen LogP contribution in [0.25, 0.3) is 11.0 Å². The van der Waals surface area contributed by atoms with Gasteiger partial charge in [-0.05, 0) is 38.3 Å². The Morgan fingerprint density at radius 1 is 1.25 bits per heavy atom. The van der Waals surface area contributed by atoms with Gasteiger partial charge in [-0.1, -0.05) is 12.1 Å². The molecule has 1 saturated heterocycles. The number of furan rings is 1. The highest BCUT2D eigenvalue weighted by Gasteiger charge is 2.25. The molecule has 0 unspecified atom stereocenters. The first kappa shape index (κ1) is 17.0. The third-order valence-corrected chi connectivity index (χ3v) is 6.28. The maximum atomic E-state index is 12.3. The van der Waals surface area contributed by atoms with Gasteiger partial charge in [-0.15, -0.1) is 0 Å². The summed E-state index contributed by atoms with van der Waals surface area (Å²) in [7, 11) is -3.29. The molecular formula is C17H22N2O4S. The lowest BCUT2D eigenvalue weighted by atomic mass is 10.1. The summed E-state index contributed by atoms with van der Waals surface area (Å²) < 4.78 is 31.4. The highest BCUT2D eigenvalue weighted by Crippen LogP contribution is 2.26. The molecular weight excluding hydrogens is 328 g/mol. The van der Waals surface area contributed by atoms with Gasteiger partial charge < -0.3 is 9.73 Å². The molecule has 1 fully saturated rings. The van der Waals surface area contributed by atoms with Gasteiger partial charge in [0.05, 0.1) is 5.75 Å². The Kier molecular flexibility index (Phi) is 4.64. The average molecular weight is 350 g/mol. The lowest BCUT2D eigenvalue weighted by molar-refractivity contribution is 0.0929. The van der Waals surface area contributed by atoms with Crippen LogP contribution in [-0.2, 0) is 10.0 Å². The van der Waals surface area contributed by atoms with E-state index in [9.17, 15) is 13.2 Å². The summed E-state index contributed by atoms with van der Waals surface area (Å²) in [5.74, 6) is -0.218. The SMILES string of the molecule is Cc1ccc2c(C)c(C(=O)NCCS(=O)(=O)N3CCCC3)oc2c1. The monoisotopic (exact) mass is 350 g/mol. The molecule has 130 valence electrons. The van der Waals surface area contributed by atoms with Crippen LogP contribution in [0.3, 0.4) is 0 Å². The maximum Gasteiger partial charge on any atom is 0.287 e. The second-order valence-electron chi connectivity index (χ2n) is 6.23. The van der Waals surface area contributed by atoms with Crippen LogP contribution in [0.4, 0.5) is 0 Å². The fourth-order valence-electron chi connectivity index (χ4n) is 3.02. The van der Waals surface area contributed by atoms with Gasteiger partial charge in [-0.3, -0.25) is 4.79 Å². The normalized spacial score (nSPS) is 15.9. The summed E-state index contributed by atoms with van der Waals surface area (Å²) in [6.07, 6.45) is 1.81. The lowest BCUT2D eigenvalue weighted by Gasteiger charge is -2.15. The molecule has 1 N–H and O–H groups in total. The van der Waals surface area contributed by atoms with E-state index < -0.39 is 10.0 Å². The van der Waals surface area contributed by atoms with E-state index in [1.807, 2.05) is 32.0 Å². The Morgan fingerprint density at radius 3 is 2.67 bits per heavy atom. The van der Waals surface area contributed by atoms with E-state index in [-0.39, 0.29) is 24.0 Å². The van der Waals surface area contributed by atoms with Crippen LogP contribution in [0.2, 0.25) is 0 Å². The zero-order valence-electron chi connectivity index (χ0n) is 14.0. The number of sulfonamides is 1. The smallest absolute Gasteiger partial charge is 0.287 e. The van der Waals surface area contributed by atoms with Crippen molar-refractivity contribution in [1.82, 2.24) is 9.62 Å². The van der Waals surface area contributed by atoms with Crippen molar-refractivity contribution in [3.63, 3.8) is 0 Å². The summed E-state index contributed by atoms with van der Waals surface area (Å²) in [6.45, 7) is 5.03. The quantitative estimate of drug-likeness (QED) is 0.896. The number of carbonyl (C=O) groups excluding carboxylic acids is 1. The average Bonchev–Trinajstić information content (AvgIpc) is 3.16. The lowest BCUT2D eigenvalue weighted by Crippen LogP contribution is -2.36. The van der Waals surface area contributed by atoms with Gasteiger partial charge >= 0.3 is 0 Å². The van der Waals surface area contributed by atoms with Gasteiger partial charge in [0.1, 0.15) is 5.58 Å². The Balaban J connectivity index is 1.66. The number of nitrogens with one attached hydrogen (secondary N) is 1. The van der Waals surface area contributed by atoms with Crippen molar-refractivity contribution in [1.29, 1.82) is 0 Å². The largest absolute Gasteiger partial charge is 0.451 e. The minimum absolute atomic E-state index is 0.0766. The molecule has 0 bridgehead atoms. The maximum absolute atomic E-state index is 12.3. The van der Waals surface area contributed by atoms with Gasteiger partial charge in [-0.2, -0.15) is 0 Å². The predicted molar refractivity (Wildman–Crippen MR) is 92.6 cm³/mol. The number of amides is 1. The molecule has 2 aromatic rings. The molecule has 2 heterocycles. The standard InChI is InChI=1S/C17H22N2O4S/c1-12-5-6-14-13(2)16(23-15(14)11-12)17(20)18-7-10-24(21,22)19-8-3-4-9-19/h5-6,11H,3-4,7-10H2,1-2H3,(H,18,20). The molecule has 1 aliphatic rings. The Morgan fingerprint density at radius 2 is 1.96 bits per heavy atom. The van der Waals surface area contributed by atoms with Crippen LogP contribution in [0, 0.1) is 13.8 Å². The summed E-state index contributed by atoms with van der Waals surface area (Å²) in [5, 5.41) is 3.55. The Labute approximate surface area is 141 Å². The molecule has 3 rings (SSSR count). The van der Waals surface area contributed by atoms with E-state index in [4.69, 9.17) is 4.42 Å². The molecule has 0 spiro atoms. The van der Waals surface area contributed by atoms with E-state index >= 15 is 0 Å². The molecule has 24 heavy (non-hydrogen) atoms. The number of hydrogen-bond donors (Lipinski definition) is 1. The highest BCUT2D eigenvalue weighted by molar-refractivity contribution is 7.89. The van der Waals surface area contributed by atoms with E-state index in [2.05, 4.69) is 5.32 Å². The number of benzene rings is 1. The van der Waals surface area contributed by atoms with E-state index in [1.165, 1.54) is 4.31 Å². The van der Waals surface area contributed by atoms with Crippen molar-refractivity contribution >= 4 is 26.9 Å². The Bertz CT molecular complexity index is 864. The van der Waals surface area contributed by atoms with Gasteiger partial charge in [0.15, 0.2) is 5.76 Å². The first-order valence-electron chi connectivity index (χ1n) is 8.14. The van der Waals surface area contributed by atoms with Crippen LogP contribution in [0.1, 0.15) is 34.5 Å². The van der Waals surface area contributed by atoms with Crippen LogP contribution in [-0.4, -0.2) is 44.0 Å². The second kappa shape index (κ2) is 6.57. The third-order valence-electron chi connectivity index (χ3n) is 4.40. The number of carbonyl (C=O) groups is 1. The van der Waals surface area contributed by atoms with E-state index in [0.29, 0.717) is 18.7 Å². The first-order chi connectivity index (χ1) is 11.4. The zero-order chi connectivity index (χ0) is 17.3. The molecule has 0 aliphatic carbocycles. The molecule has 6 nitrogen and oxygen atoms in total. The fourth-order valence-corrected chi connectivity index (χ4v) is 4.45. The van der Waals surface area contributed by atoms with Crippen LogP contribution in [0.15, 0.2) is 22.6 Å². The third kappa shape index (κ3) is 3.32. The van der Waals surface area contributed by atoms with E-state index in [1.54, 1.807) is 0 Å². The van der Waals surface area contributed by atoms with Gasteiger partial charge in [0, 0.05) is 30.6 Å². The Hall–Kier alpha value is -1.86. The van der Waals surface area contributed by atoms with Gasteiger partial charge in [0.25, 0.3) is 5.91 Å². The topological polar surface area (TPSA) is 79.6 Å². The van der Waals surface area contributed by atoms with Crippen molar-refractivity contribution < 1.29 is 17.6 Å². The molecule has 0 radical (unpaired) electrons. The van der Waals surface area contributed by atoms with Crippen LogP contribution < -0.4 is 5.32 Å². The fraction of sp³-hybridized carbons (Fsp3) is 0.471. The zero-order valence-corrected chi connectivity index (χ0v) is 14.8. The minimum atomic E-state index is -3.29. The second-order valence-corrected chi connectivity index (χ2v) is 8.32. The van der Waals surface area contributed by atoms with Gasteiger partial charge in [0.2, 0.25) is 10.0 Å².